The van der Waals surface area contributed by atoms with Crippen LogP contribution in [-0.2, 0) is 6.54 Å². The van der Waals surface area contributed by atoms with Gasteiger partial charge in [-0.25, -0.2) is 8.78 Å². The van der Waals surface area contributed by atoms with Crippen LogP contribution in [0.3, 0.4) is 0 Å². The number of rotatable bonds is 4. The molecule has 0 aliphatic carbocycles. The monoisotopic (exact) mass is 325 g/mol. The number of halogens is 3. The van der Waals surface area contributed by atoms with Crippen molar-refractivity contribution in [3.63, 3.8) is 0 Å². The van der Waals surface area contributed by atoms with E-state index in [1.807, 2.05) is 6.92 Å². The van der Waals surface area contributed by atoms with Crippen molar-refractivity contribution < 1.29 is 8.78 Å². The Hall–Kier alpha value is -1.26. The third-order valence-electron chi connectivity index (χ3n) is 2.87. The molecule has 1 nitrogen and oxygen atoms in total. The van der Waals surface area contributed by atoms with Gasteiger partial charge in [0.25, 0.3) is 0 Å². The Morgan fingerprint density at radius 2 is 1.89 bits per heavy atom. The van der Waals surface area contributed by atoms with Gasteiger partial charge in [-0.15, -0.1) is 0 Å². The molecule has 0 aliphatic rings. The van der Waals surface area contributed by atoms with Crippen molar-refractivity contribution in [3.05, 3.63) is 58.1 Å². The Kier molecular flexibility index (Phi) is 4.66. The second kappa shape index (κ2) is 6.26. The van der Waals surface area contributed by atoms with E-state index in [1.54, 1.807) is 24.3 Å². The lowest BCUT2D eigenvalue weighted by Gasteiger charge is -2.12. The van der Waals surface area contributed by atoms with E-state index in [0.29, 0.717) is 22.1 Å². The van der Waals surface area contributed by atoms with Crippen LogP contribution in [0.5, 0.6) is 0 Å². The highest BCUT2D eigenvalue weighted by Gasteiger charge is 2.12. The second-order valence-electron chi connectivity index (χ2n) is 4.18. The standard InChI is InChI=1S/C15H14BrF2N/c1-2-19-9-10-8-11(17)6-7-12(10)13-4-3-5-14(16)15(13)18/h3-8,19H,2,9H2,1H3. The molecule has 19 heavy (non-hydrogen) atoms. The summed E-state index contributed by atoms with van der Waals surface area (Å²) in [5.41, 5.74) is 1.93. The summed E-state index contributed by atoms with van der Waals surface area (Å²) in [7, 11) is 0. The quantitative estimate of drug-likeness (QED) is 0.872. The maximum atomic E-state index is 14.1. The molecule has 2 rings (SSSR count). The van der Waals surface area contributed by atoms with Gasteiger partial charge in [0.15, 0.2) is 0 Å². The van der Waals surface area contributed by atoms with Crippen LogP contribution < -0.4 is 5.32 Å². The molecule has 0 heterocycles. The van der Waals surface area contributed by atoms with Crippen molar-refractivity contribution in [2.24, 2.45) is 0 Å². The van der Waals surface area contributed by atoms with Crippen molar-refractivity contribution in [2.75, 3.05) is 6.54 Å². The number of hydrogen-bond donors (Lipinski definition) is 1. The average Bonchev–Trinajstić information content (AvgIpc) is 2.40. The third-order valence-corrected chi connectivity index (χ3v) is 3.49. The van der Waals surface area contributed by atoms with E-state index < -0.39 is 0 Å². The SMILES string of the molecule is CCNCc1cc(F)ccc1-c1cccc(Br)c1F. The Labute approximate surface area is 119 Å². The molecular formula is C15H14BrF2N. The molecule has 0 atom stereocenters. The minimum Gasteiger partial charge on any atom is -0.313 e. The molecule has 0 saturated carbocycles. The molecular weight excluding hydrogens is 312 g/mol. The smallest absolute Gasteiger partial charge is 0.145 e. The van der Waals surface area contributed by atoms with Crippen LogP contribution in [0.1, 0.15) is 12.5 Å². The maximum absolute atomic E-state index is 14.1. The van der Waals surface area contributed by atoms with Crippen LogP contribution in [0.15, 0.2) is 40.9 Å². The van der Waals surface area contributed by atoms with E-state index in [4.69, 9.17) is 0 Å². The largest absolute Gasteiger partial charge is 0.313 e. The Bertz CT molecular complexity index is 584. The van der Waals surface area contributed by atoms with Crippen molar-refractivity contribution in [1.29, 1.82) is 0 Å². The minimum atomic E-state index is -0.327. The summed E-state index contributed by atoms with van der Waals surface area (Å²) >= 11 is 3.17. The normalized spacial score (nSPS) is 10.7. The Balaban J connectivity index is 2.51. The predicted octanol–water partition coefficient (Wildman–Crippen LogP) is 4.50. The number of nitrogens with one attached hydrogen (secondary N) is 1. The van der Waals surface area contributed by atoms with Crippen molar-refractivity contribution in [2.45, 2.75) is 13.5 Å². The second-order valence-corrected chi connectivity index (χ2v) is 5.04. The van der Waals surface area contributed by atoms with Gasteiger partial charge in [0, 0.05) is 12.1 Å². The molecule has 0 spiro atoms. The first-order chi connectivity index (χ1) is 9.13. The molecule has 2 aromatic rings. The van der Waals surface area contributed by atoms with E-state index in [-0.39, 0.29) is 11.6 Å². The summed E-state index contributed by atoms with van der Waals surface area (Å²) < 4.78 is 27.9. The van der Waals surface area contributed by atoms with E-state index in [2.05, 4.69) is 21.2 Å². The van der Waals surface area contributed by atoms with Crippen molar-refractivity contribution in [1.82, 2.24) is 5.32 Å². The number of hydrogen-bond acceptors (Lipinski definition) is 1. The topological polar surface area (TPSA) is 12.0 Å². The first-order valence-corrected chi connectivity index (χ1v) is 6.86. The zero-order valence-corrected chi connectivity index (χ0v) is 12.1. The maximum Gasteiger partial charge on any atom is 0.145 e. The van der Waals surface area contributed by atoms with Crippen LogP contribution in [0, 0.1) is 11.6 Å². The van der Waals surface area contributed by atoms with Gasteiger partial charge in [0.05, 0.1) is 4.47 Å². The molecule has 100 valence electrons. The summed E-state index contributed by atoms with van der Waals surface area (Å²) in [6.45, 7) is 3.26. The van der Waals surface area contributed by atoms with E-state index >= 15 is 0 Å². The highest BCUT2D eigenvalue weighted by Crippen LogP contribution is 2.30. The van der Waals surface area contributed by atoms with Crippen molar-refractivity contribution in [3.8, 4) is 11.1 Å². The van der Waals surface area contributed by atoms with Gasteiger partial charge in [-0.2, -0.15) is 0 Å². The molecule has 0 amide bonds. The fourth-order valence-electron chi connectivity index (χ4n) is 1.94. The average molecular weight is 326 g/mol. The first-order valence-electron chi connectivity index (χ1n) is 6.07. The lowest BCUT2D eigenvalue weighted by Crippen LogP contribution is -2.13. The minimum absolute atomic E-state index is 0.313. The summed E-state index contributed by atoms with van der Waals surface area (Å²) in [4.78, 5) is 0. The molecule has 0 fully saturated rings. The molecule has 0 aromatic heterocycles. The lowest BCUT2D eigenvalue weighted by molar-refractivity contribution is 0.618. The van der Waals surface area contributed by atoms with Gasteiger partial charge in [0.2, 0.25) is 0 Å². The van der Waals surface area contributed by atoms with Crippen LogP contribution in [0.2, 0.25) is 0 Å². The summed E-state index contributed by atoms with van der Waals surface area (Å²) in [6.07, 6.45) is 0. The fourth-order valence-corrected chi connectivity index (χ4v) is 2.31. The van der Waals surface area contributed by atoms with E-state index in [0.717, 1.165) is 12.1 Å². The summed E-state index contributed by atoms with van der Waals surface area (Å²) in [6, 6.07) is 9.52. The zero-order valence-electron chi connectivity index (χ0n) is 10.5. The van der Waals surface area contributed by atoms with Gasteiger partial charge in [-0.1, -0.05) is 25.1 Å². The zero-order chi connectivity index (χ0) is 13.8. The third kappa shape index (κ3) is 3.19. The predicted molar refractivity (Wildman–Crippen MR) is 76.9 cm³/mol. The van der Waals surface area contributed by atoms with Gasteiger partial charge in [-0.3, -0.25) is 0 Å². The molecule has 0 saturated heterocycles. The highest BCUT2D eigenvalue weighted by atomic mass is 79.9. The number of benzene rings is 2. The molecule has 0 unspecified atom stereocenters. The molecule has 0 bridgehead atoms. The van der Waals surface area contributed by atoms with Gasteiger partial charge in [0.1, 0.15) is 11.6 Å². The molecule has 2 aromatic carbocycles. The van der Waals surface area contributed by atoms with E-state index in [9.17, 15) is 8.78 Å². The van der Waals surface area contributed by atoms with Crippen LogP contribution >= 0.6 is 15.9 Å². The van der Waals surface area contributed by atoms with E-state index in [1.165, 1.54) is 12.1 Å². The van der Waals surface area contributed by atoms with Crippen LogP contribution in [0.4, 0.5) is 8.78 Å². The molecule has 0 aliphatic heterocycles. The van der Waals surface area contributed by atoms with Gasteiger partial charge < -0.3 is 5.32 Å². The van der Waals surface area contributed by atoms with Crippen LogP contribution in [0.25, 0.3) is 11.1 Å². The lowest BCUT2D eigenvalue weighted by atomic mass is 9.99. The summed E-state index contributed by atoms with van der Waals surface area (Å²) in [5.74, 6) is -0.640. The van der Waals surface area contributed by atoms with Crippen LogP contribution in [-0.4, -0.2) is 6.54 Å². The molecule has 1 N–H and O–H groups in total. The Morgan fingerprint density at radius 3 is 2.63 bits per heavy atom. The van der Waals surface area contributed by atoms with Gasteiger partial charge >= 0.3 is 0 Å². The fraction of sp³-hybridized carbons (Fsp3) is 0.200. The van der Waals surface area contributed by atoms with Crippen molar-refractivity contribution >= 4 is 15.9 Å². The highest BCUT2D eigenvalue weighted by molar-refractivity contribution is 9.10. The summed E-state index contributed by atoms with van der Waals surface area (Å²) in [5, 5.41) is 3.14. The molecule has 4 heteroatoms. The first kappa shape index (κ1) is 14.2. The Morgan fingerprint density at radius 1 is 1.11 bits per heavy atom. The molecule has 0 radical (unpaired) electrons. The van der Waals surface area contributed by atoms with Gasteiger partial charge in [-0.05, 0) is 51.8 Å².